The second kappa shape index (κ2) is 5.87. The first-order chi connectivity index (χ1) is 8.67. The van der Waals surface area contributed by atoms with Gasteiger partial charge in [0.05, 0.1) is 0 Å². The number of hydrogen-bond acceptors (Lipinski definition) is 3. The molecule has 0 atom stereocenters. The molecular weight excluding hydrogens is 228 g/mol. The summed E-state index contributed by atoms with van der Waals surface area (Å²) in [5.41, 5.74) is 1.94. The Labute approximate surface area is 108 Å². The molecule has 0 bridgehead atoms. The van der Waals surface area contributed by atoms with E-state index in [-0.39, 0.29) is 12.2 Å². The SMILES string of the molecule is CNCC1CC(OC(=O)Nc2ccc(C)cc2)C1. The third-order valence-corrected chi connectivity index (χ3v) is 3.26. The van der Waals surface area contributed by atoms with Crippen LogP contribution in [0.15, 0.2) is 24.3 Å². The Bertz CT molecular complexity index is 397. The number of nitrogens with one attached hydrogen (secondary N) is 2. The molecule has 1 amide bonds. The molecular formula is C14H20N2O2. The zero-order chi connectivity index (χ0) is 13.0. The van der Waals surface area contributed by atoms with Gasteiger partial charge in [0.1, 0.15) is 6.10 Å². The van der Waals surface area contributed by atoms with Crippen LogP contribution in [0.25, 0.3) is 0 Å². The number of benzene rings is 1. The molecule has 2 rings (SSSR count). The molecule has 1 aromatic rings. The Morgan fingerprint density at radius 2 is 2.00 bits per heavy atom. The largest absolute Gasteiger partial charge is 0.446 e. The van der Waals surface area contributed by atoms with Gasteiger partial charge in [-0.2, -0.15) is 0 Å². The van der Waals surface area contributed by atoms with Crippen molar-refractivity contribution in [3.05, 3.63) is 29.8 Å². The van der Waals surface area contributed by atoms with Gasteiger partial charge in [-0.15, -0.1) is 0 Å². The standard InChI is InChI=1S/C14H20N2O2/c1-10-3-5-12(6-4-10)16-14(17)18-13-7-11(8-13)9-15-2/h3-6,11,13,15H,7-9H2,1-2H3,(H,16,17). The van der Waals surface area contributed by atoms with E-state index in [0.717, 1.165) is 25.1 Å². The lowest BCUT2D eigenvalue weighted by Gasteiger charge is -2.34. The van der Waals surface area contributed by atoms with E-state index in [4.69, 9.17) is 4.74 Å². The zero-order valence-electron chi connectivity index (χ0n) is 10.9. The number of ether oxygens (including phenoxy) is 1. The van der Waals surface area contributed by atoms with Gasteiger partial charge in [-0.05, 0) is 51.4 Å². The van der Waals surface area contributed by atoms with E-state index in [1.54, 1.807) is 0 Å². The number of carbonyl (C=O) groups is 1. The predicted molar refractivity (Wildman–Crippen MR) is 71.7 cm³/mol. The number of amides is 1. The normalized spacial score (nSPS) is 22.1. The van der Waals surface area contributed by atoms with E-state index in [1.807, 2.05) is 38.2 Å². The number of rotatable bonds is 4. The van der Waals surface area contributed by atoms with Gasteiger partial charge in [0, 0.05) is 5.69 Å². The molecule has 0 heterocycles. The molecule has 1 aliphatic rings. The molecule has 0 radical (unpaired) electrons. The van der Waals surface area contributed by atoms with Gasteiger partial charge in [0.15, 0.2) is 0 Å². The molecule has 4 heteroatoms. The van der Waals surface area contributed by atoms with Crippen molar-refractivity contribution >= 4 is 11.8 Å². The predicted octanol–water partition coefficient (Wildman–Crippen LogP) is 2.54. The van der Waals surface area contributed by atoms with Crippen LogP contribution in [0.2, 0.25) is 0 Å². The van der Waals surface area contributed by atoms with Crippen molar-refractivity contribution in [2.45, 2.75) is 25.9 Å². The lowest BCUT2D eigenvalue weighted by molar-refractivity contribution is 0.0257. The van der Waals surface area contributed by atoms with E-state index in [2.05, 4.69) is 10.6 Å². The van der Waals surface area contributed by atoms with Gasteiger partial charge in [-0.3, -0.25) is 5.32 Å². The van der Waals surface area contributed by atoms with Crippen molar-refractivity contribution in [2.24, 2.45) is 5.92 Å². The molecule has 98 valence electrons. The summed E-state index contributed by atoms with van der Waals surface area (Å²) in [6.45, 7) is 3.01. The average Bonchev–Trinajstić information content (AvgIpc) is 2.29. The fourth-order valence-electron chi connectivity index (χ4n) is 2.16. The van der Waals surface area contributed by atoms with Gasteiger partial charge in [-0.1, -0.05) is 17.7 Å². The van der Waals surface area contributed by atoms with Crippen LogP contribution in [-0.4, -0.2) is 25.8 Å². The molecule has 0 saturated heterocycles. The zero-order valence-corrected chi connectivity index (χ0v) is 10.9. The molecule has 4 nitrogen and oxygen atoms in total. The van der Waals surface area contributed by atoms with E-state index in [0.29, 0.717) is 5.92 Å². The van der Waals surface area contributed by atoms with Gasteiger partial charge >= 0.3 is 6.09 Å². The van der Waals surface area contributed by atoms with Crippen molar-refractivity contribution in [1.82, 2.24) is 5.32 Å². The summed E-state index contributed by atoms with van der Waals surface area (Å²) in [5, 5.41) is 5.87. The lowest BCUT2D eigenvalue weighted by Crippen LogP contribution is -2.38. The Morgan fingerprint density at radius 1 is 1.33 bits per heavy atom. The fourth-order valence-corrected chi connectivity index (χ4v) is 2.16. The minimum atomic E-state index is -0.355. The highest BCUT2D eigenvalue weighted by Crippen LogP contribution is 2.29. The number of carbonyl (C=O) groups excluding carboxylic acids is 1. The molecule has 0 spiro atoms. The highest BCUT2D eigenvalue weighted by Gasteiger charge is 2.31. The van der Waals surface area contributed by atoms with E-state index in [1.165, 1.54) is 5.56 Å². The van der Waals surface area contributed by atoms with Crippen molar-refractivity contribution in [3.8, 4) is 0 Å². The second-order valence-corrected chi connectivity index (χ2v) is 4.91. The summed E-state index contributed by atoms with van der Waals surface area (Å²) in [6, 6.07) is 7.67. The van der Waals surface area contributed by atoms with Crippen LogP contribution in [0.4, 0.5) is 10.5 Å². The van der Waals surface area contributed by atoms with Crippen LogP contribution < -0.4 is 10.6 Å². The summed E-state index contributed by atoms with van der Waals surface area (Å²) < 4.78 is 5.32. The summed E-state index contributed by atoms with van der Waals surface area (Å²) in [6.07, 6.45) is 1.64. The maximum absolute atomic E-state index is 11.6. The third kappa shape index (κ3) is 3.47. The van der Waals surface area contributed by atoms with Gasteiger partial charge in [0.25, 0.3) is 0 Å². The smallest absolute Gasteiger partial charge is 0.411 e. The molecule has 18 heavy (non-hydrogen) atoms. The Balaban J connectivity index is 1.72. The first-order valence-electron chi connectivity index (χ1n) is 6.36. The topological polar surface area (TPSA) is 50.4 Å². The molecule has 0 aliphatic heterocycles. The monoisotopic (exact) mass is 248 g/mol. The highest BCUT2D eigenvalue weighted by molar-refractivity contribution is 5.84. The van der Waals surface area contributed by atoms with Crippen LogP contribution in [0.1, 0.15) is 18.4 Å². The van der Waals surface area contributed by atoms with E-state index < -0.39 is 0 Å². The molecule has 0 unspecified atom stereocenters. The fraction of sp³-hybridized carbons (Fsp3) is 0.500. The molecule has 0 aromatic heterocycles. The first kappa shape index (κ1) is 12.9. The van der Waals surface area contributed by atoms with Crippen molar-refractivity contribution in [3.63, 3.8) is 0 Å². The van der Waals surface area contributed by atoms with Gasteiger partial charge in [-0.25, -0.2) is 4.79 Å². The molecule has 1 aromatic carbocycles. The van der Waals surface area contributed by atoms with E-state index in [9.17, 15) is 4.79 Å². The summed E-state index contributed by atoms with van der Waals surface area (Å²) in [4.78, 5) is 11.6. The lowest BCUT2D eigenvalue weighted by atomic mass is 9.82. The van der Waals surface area contributed by atoms with Crippen LogP contribution in [0.3, 0.4) is 0 Å². The summed E-state index contributed by atoms with van der Waals surface area (Å²) in [5.74, 6) is 0.646. The quantitative estimate of drug-likeness (QED) is 0.861. The third-order valence-electron chi connectivity index (χ3n) is 3.26. The van der Waals surface area contributed by atoms with Crippen molar-refractivity contribution in [2.75, 3.05) is 18.9 Å². The maximum atomic E-state index is 11.6. The number of anilines is 1. The maximum Gasteiger partial charge on any atom is 0.411 e. The van der Waals surface area contributed by atoms with Gasteiger partial charge < -0.3 is 10.1 Å². The van der Waals surface area contributed by atoms with Gasteiger partial charge in [0.2, 0.25) is 0 Å². The first-order valence-corrected chi connectivity index (χ1v) is 6.36. The molecule has 1 saturated carbocycles. The molecule has 1 aliphatic carbocycles. The molecule has 1 fully saturated rings. The Hall–Kier alpha value is -1.55. The van der Waals surface area contributed by atoms with Crippen LogP contribution >= 0.6 is 0 Å². The summed E-state index contributed by atoms with van der Waals surface area (Å²) >= 11 is 0. The molecule has 2 N–H and O–H groups in total. The van der Waals surface area contributed by atoms with Crippen molar-refractivity contribution < 1.29 is 9.53 Å². The number of aryl methyl sites for hydroxylation is 1. The highest BCUT2D eigenvalue weighted by atomic mass is 16.6. The van der Waals surface area contributed by atoms with Crippen LogP contribution in [-0.2, 0) is 4.74 Å². The minimum absolute atomic E-state index is 0.0776. The summed E-state index contributed by atoms with van der Waals surface area (Å²) in [7, 11) is 1.94. The van der Waals surface area contributed by atoms with Crippen LogP contribution in [0, 0.1) is 12.8 Å². The Morgan fingerprint density at radius 3 is 2.61 bits per heavy atom. The minimum Gasteiger partial charge on any atom is -0.446 e. The van der Waals surface area contributed by atoms with Crippen LogP contribution in [0.5, 0.6) is 0 Å². The van der Waals surface area contributed by atoms with E-state index >= 15 is 0 Å². The second-order valence-electron chi connectivity index (χ2n) is 4.91. The number of hydrogen-bond donors (Lipinski definition) is 2. The Kier molecular flexibility index (Phi) is 4.20. The van der Waals surface area contributed by atoms with Crippen molar-refractivity contribution in [1.29, 1.82) is 0 Å². The average molecular weight is 248 g/mol.